The second-order valence-corrected chi connectivity index (χ2v) is 7.67. The van der Waals surface area contributed by atoms with E-state index in [1.807, 2.05) is 52.0 Å². The number of fused-ring (bicyclic) bond motifs is 1. The molecule has 0 aliphatic rings. The van der Waals surface area contributed by atoms with Gasteiger partial charge in [0.15, 0.2) is 11.5 Å². The van der Waals surface area contributed by atoms with Crippen molar-refractivity contribution in [2.24, 2.45) is 0 Å². The van der Waals surface area contributed by atoms with Crippen LogP contribution in [0, 0.1) is 13.8 Å². The van der Waals surface area contributed by atoms with Gasteiger partial charge in [-0.15, -0.1) is 0 Å². The van der Waals surface area contributed by atoms with Gasteiger partial charge in [0.25, 0.3) is 5.91 Å². The van der Waals surface area contributed by atoms with E-state index >= 15 is 0 Å². The summed E-state index contributed by atoms with van der Waals surface area (Å²) in [6, 6.07) is 12.7. The number of hydrogen-bond donors (Lipinski definition) is 1. The Kier molecular flexibility index (Phi) is 4.88. The monoisotopic (exact) mass is 408 g/mol. The molecule has 0 fully saturated rings. The highest BCUT2D eigenvalue weighted by atomic mass is 35.5. The standard InChI is InChI=1S/C22H21ClN4O2/c1-12(2)22-25-18-11-16(8-9-19(18)29-22)24-21(28)15-6-5-7-17(10-15)27-14(4)20(23)13(3)26-27/h5-12H,1-4H3,(H,24,28). The van der Waals surface area contributed by atoms with Gasteiger partial charge in [0.1, 0.15) is 5.52 Å². The molecule has 4 rings (SSSR count). The number of benzene rings is 2. The van der Waals surface area contributed by atoms with Crippen LogP contribution < -0.4 is 5.32 Å². The second kappa shape index (κ2) is 7.37. The highest BCUT2D eigenvalue weighted by Crippen LogP contribution is 2.25. The van der Waals surface area contributed by atoms with Crippen LogP contribution >= 0.6 is 11.6 Å². The number of nitrogens with zero attached hydrogens (tertiary/aromatic N) is 3. The Morgan fingerprint density at radius 3 is 2.66 bits per heavy atom. The summed E-state index contributed by atoms with van der Waals surface area (Å²) in [6.07, 6.45) is 0. The first-order valence-electron chi connectivity index (χ1n) is 9.37. The Labute approximate surface area is 173 Å². The fraction of sp³-hybridized carbons (Fsp3) is 0.227. The lowest BCUT2D eigenvalue weighted by Crippen LogP contribution is -2.12. The van der Waals surface area contributed by atoms with Crippen molar-refractivity contribution in [1.29, 1.82) is 0 Å². The number of rotatable bonds is 4. The molecule has 0 aliphatic heterocycles. The maximum Gasteiger partial charge on any atom is 0.255 e. The lowest BCUT2D eigenvalue weighted by molar-refractivity contribution is 0.102. The third-order valence-corrected chi connectivity index (χ3v) is 5.26. The van der Waals surface area contributed by atoms with Gasteiger partial charge in [0.2, 0.25) is 0 Å². The summed E-state index contributed by atoms with van der Waals surface area (Å²) in [7, 11) is 0. The minimum absolute atomic E-state index is 0.200. The van der Waals surface area contributed by atoms with Crippen LogP contribution in [0.2, 0.25) is 5.02 Å². The molecule has 4 aromatic rings. The largest absolute Gasteiger partial charge is 0.440 e. The molecule has 0 aliphatic carbocycles. The van der Waals surface area contributed by atoms with Crippen molar-refractivity contribution < 1.29 is 9.21 Å². The predicted molar refractivity (Wildman–Crippen MR) is 114 cm³/mol. The number of anilines is 1. The molecule has 0 unspecified atom stereocenters. The summed E-state index contributed by atoms with van der Waals surface area (Å²) in [5.41, 5.74) is 4.96. The highest BCUT2D eigenvalue weighted by Gasteiger charge is 2.14. The van der Waals surface area contributed by atoms with Crippen molar-refractivity contribution in [1.82, 2.24) is 14.8 Å². The smallest absolute Gasteiger partial charge is 0.255 e. The second-order valence-electron chi connectivity index (χ2n) is 7.29. The highest BCUT2D eigenvalue weighted by molar-refractivity contribution is 6.31. The van der Waals surface area contributed by atoms with Crippen LogP contribution in [0.25, 0.3) is 16.8 Å². The van der Waals surface area contributed by atoms with E-state index in [2.05, 4.69) is 15.4 Å². The number of nitrogens with one attached hydrogen (secondary N) is 1. The van der Waals surface area contributed by atoms with E-state index in [0.717, 1.165) is 22.6 Å². The Morgan fingerprint density at radius 2 is 1.97 bits per heavy atom. The average Bonchev–Trinajstić information content (AvgIpc) is 3.24. The Morgan fingerprint density at radius 1 is 1.17 bits per heavy atom. The SMILES string of the molecule is Cc1nn(-c2cccc(C(=O)Nc3ccc4oc(C(C)C)nc4c3)c2)c(C)c1Cl. The van der Waals surface area contributed by atoms with Gasteiger partial charge in [-0.1, -0.05) is 31.5 Å². The molecule has 2 aromatic heterocycles. The first-order valence-corrected chi connectivity index (χ1v) is 9.75. The molecule has 2 aromatic carbocycles. The molecular formula is C22H21ClN4O2. The molecule has 1 amide bonds. The van der Waals surface area contributed by atoms with Crippen molar-refractivity contribution in [2.45, 2.75) is 33.6 Å². The van der Waals surface area contributed by atoms with Crippen LogP contribution in [-0.2, 0) is 0 Å². The third kappa shape index (κ3) is 3.63. The summed E-state index contributed by atoms with van der Waals surface area (Å²) in [4.78, 5) is 17.3. The first kappa shape index (κ1) is 19.2. The van der Waals surface area contributed by atoms with Crippen molar-refractivity contribution in [3.8, 4) is 5.69 Å². The van der Waals surface area contributed by atoms with Gasteiger partial charge in [0.05, 0.1) is 22.1 Å². The van der Waals surface area contributed by atoms with Crippen LogP contribution in [0.5, 0.6) is 0 Å². The maximum atomic E-state index is 12.8. The van der Waals surface area contributed by atoms with Gasteiger partial charge in [-0.3, -0.25) is 4.79 Å². The molecule has 0 spiro atoms. The molecule has 0 radical (unpaired) electrons. The van der Waals surface area contributed by atoms with Gasteiger partial charge in [-0.05, 0) is 50.2 Å². The topological polar surface area (TPSA) is 73.0 Å². The van der Waals surface area contributed by atoms with Gasteiger partial charge >= 0.3 is 0 Å². The van der Waals surface area contributed by atoms with Crippen molar-refractivity contribution >= 4 is 34.3 Å². The molecule has 148 valence electrons. The van der Waals surface area contributed by atoms with E-state index in [9.17, 15) is 4.79 Å². The zero-order chi connectivity index (χ0) is 20.7. The Balaban J connectivity index is 1.60. The van der Waals surface area contributed by atoms with E-state index in [1.54, 1.807) is 22.9 Å². The number of amides is 1. The molecule has 29 heavy (non-hydrogen) atoms. The number of oxazole rings is 1. The van der Waals surface area contributed by atoms with E-state index in [0.29, 0.717) is 27.7 Å². The van der Waals surface area contributed by atoms with Crippen molar-refractivity contribution in [2.75, 3.05) is 5.32 Å². The summed E-state index contributed by atoms with van der Waals surface area (Å²) in [5.74, 6) is 0.664. The summed E-state index contributed by atoms with van der Waals surface area (Å²) >= 11 is 6.25. The summed E-state index contributed by atoms with van der Waals surface area (Å²) < 4.78 is 7.46. The number of carbonyl (C=O) groups is 1. The minimum atomic E-state index is -0.216. The lowest BCUT2D eigenvalue weighted by atomic mass is 10.1. The van der Waals surface area contributed by atoms with E-state index < -0.39 is 0 Å². The molecule has 1 N–H and O–H groups in total. The molecule has 0 atom stereocenters. The minimum Gasteiger partial charge on any atom is -0.440 e. The number of halogens is 1. The van der Waals surface area contributed by atoms with Gasteiger partial charge in [-0.25, -0.2) is 9.67 Å². The molecule has 6 nitrogen and oxygen atoms in total. The number of aryl methyl sites for hydroxylation is 1. The lowest BCUT2D eigenvalue weighted by Gasteiger charge is -2.08. The zero-order valence-electron chi connectivity index (χ0n) is 16.7. The number of carbonyl (C=O) groups excluding carboxylic acids is 1. The maximum absolute atomic E-state index is 12.8. The Bertz CT molecular complexity index is 1220. The molecule has 7 heteroatoms. The van der Waals surface area contributed by atoms with Crippen LogP contribution in [0.15, 0.2) is 46.9 Å². The normalized spacial score (nSPS) is 11.4. The van der Waals surface area contributed by atoms with Crippen LogP contribution in [0.4, 0.5) is 5.69 Å². The quantitative estimate of drug-likeness (QED) is 0.473. The summed E-state index contributed by atoms with van der Waals surface area (Å²) in [6.45, 7) is 7.80. The summed E-state index contributed by atoms with van der Waals surface area (Å²) in [5, 5.41) is 8.00. The van der Waals surface area contributed by atoms with E-state index in [4.69, 9.17) is 16.0 Å². The van der Waals surface area contributed by atoms with Crippen molar-refractivity contribution in [3.63, 3.8) is 0 Å². The average molecular weight is 409 g/mol. The molecule has 0 saturated carbocycles. The van der Waals surface area contributed by atoms with Crippen LogP contribution in [-0.4, -0.2) is 20.7 Å². The fourth-order valence-electron chi connectivity index (χ4n) is 3.13. The first-order chi connectivity index (χ1) is 13.8. The van der Waals surface area contributed by atoms with E-state index in [-0.39, 0.29) is 11.8 Å². The van der Waals surface area contributed by atoms with Crippen LogP contribution in [0.1, 0.15) is 47.4 Å². The van der Waals surface area contributed by atoms with E-state index in [1.165, 1.54) is 0 Å². The molecule has 2 heterocycles. The third-order valence-electron chi connectivity index (χ3n) is 4.71. The number of aromatic nitrogens is 3. The Hall–Kier alpha value is -3.12. The zero-order valence-corrected chi connectivity index (χ0v) is 17.4. The predicted octanol–water partition coefficient (Wildman–Crippen LogP) is 5.66. The molecular weight excluding hydrogens is 388 g/mol. The van der Waals surface area contributed by atoms with Crippen LogP contribution in [0.3, 0.4) is 0 Å². The van der Waals surface area contributed by atoms with Gasteiger partial charge in [0, 0.05) is 17.2 Å². The van der Waals surface area contributed by atoms with Gasteiger partial charge in [-0.2, -0.15) is 5.10 Å². The van der Waals surface area contributed by atoms with Crippen molar-refractivity contribution in [3.05, 3.63) is 70.3 Å². The fourth-order valence-corrected chi connectivity index (χ4v) is 3.25. The molecule has 0 bridgehead atoms. The van der Waals surface area contributed by atoms with Gasteiger partial charge < -0.3 is 9.73 Å². The molecule has 0 saturated heterocycles. The number of hydrogen-bond acceptors (Lipinski definition) is 4.